The van der Waals surface area contributed by atoms with Crippen LogP contribution in [-0.2, 0) is 28.6 Å². The maximum Gasteiger partial charge on any atom is 0.306 e. The van der Waals surface area contributed by atoms with E-state index in [9.17, 15) is 14.4 Å². The molecular formula is C75H114O6. The lowest BCUT2D eigenvalue weighted by Gasteiger charge is -2.18. The first kappa shape index (κ1) is 75.2. The molecule has 0 aromatic carbocycles. The predicted octanol–water partition coefficient (Wildman–Crippen LogP) is 22.2. The molecule has 1 atom stereocenters. The average molecular weight is 1110 g/mol. The van der Waals surface area contributed by atoms with Crippen molar-refractivity contribution in [3.05, 3.63) is 194 Å². The minimum Gasteiger partial charge on any atom is -0.462 e. The lowest BCUT2D eigenvalue weighted by atomic mass is 10.1. The van der Waals surface area contributed by atoms with Crippen LogP contribution in [0.3, 0.4) is 0 Å². The Balaban J connectivity index is 4.65. The maximum absolute atomic E-state index is 12.9. The summed E-state index contributed by atoms with van der Waals surface area (Å²) in [5, 5.41) is 0. The summed E-state index contributed by atoms with van der Waals surface area (Å²) in [7, 11) is 0. The highest BCUT2D eigenvalue weighted by atomic mass is 16.6. The van der Waals surface area contributed by atoms with Gasteiger partial charge in [0.25, 0.3) is 0 Å². The van der Waals surface area contributed by atoms with Crippen LogP contribution in [0.5, 0.6) is 0 Å². The van der Waals surface area contributed by atoms with Gasteiger partial charge in [0.2, 0.25) is 0 Å². The summed E-state index contributed by atoms with van der Waals surface area (Å²) in [5.74, 6) is -1.07. The van der Waals surface area contributed by atoms with E-state index < -0.39 is 12.1 Å². The van der Waals surface area contributed by atoms with Gasteiger partial charge in [0, 0.05) is 19.3 Å². The van der Waals surface area contributed by atoms with Crippen molar-refractivity contribution in [1.29, 1.82) is 0 Å². The van der Waals surface area contributed by atoms with Gasteiger partial charge in [-0.25, -0.2) is 0 Å². The van der Waals surface area contributed by atoms with Gasteiger partial charge in [0.05, 0.1) is 0 Å². The SMILES string of the molecule is CC/C=C\C/C=C\C/C=C\C/C=C\C/C=C\C/C=C\C/C=C\CCCC(=O)OCC(COC(=O)CCCCCCCCC/C=C\C/C=C\CCCCC)OC(=O)CCC/C=C\C/C=C\C/C=C\C/C=C\C/C=C\C/C=C\C/C=C\CC. The molecule has 0 amide bonds. The molecule has 0 saturated heterocycles. The maximum atomic E-state index is 12.9. The predicted molar refractivity (Wildman–Crippen MR) is 352 cm³/mol. The Hall–Kier alpha value is -5.75. The number of ether oxygens (including phenoxy) is 3. The lowest BCUT2D eigenvalue weighted by Crippen LogP contribution is -2.30. The Morgan fingerprint density at radius 1 is 0.259 bits per heavy atom. The van der Waals surface area contributed by atoms with Gasteiger partial charge in [-0.1, -0.05) is 260 Å². The van der Waals surface area contributed by atoms with Gasteiger partial charge in [-0.2, -0.15) is 0 Å². The Morgan fingerprint density at radius 2 is 0.494 bits per heavy atom. The van der Waals surface area contributed by atoms with Crippen LogP contribution in [-0.4, -0.2) is 37.2 Å². The number of allylic oxidation sites excluding steroid dienone is 32. The number of carbonyl (C=O) groups is 3. The fourth-order valence-corrected chi connectivity index (χ4v) is 7.86. The second-order valence-corrected chi connectivity index (χ2v) is 20.2. The van der Waals surface area contributed by atoms with E-state index in [2.05, 4.69) is 215 Å². The van der Waals surface area contributed by atoms with Crippen LogP contribution in [0.25, 0.3) is 0 Å². The minimum absolute atomic E-state index is 0.134. The van der Waals surface area contributed by atoms with Crippen LogP contribution < -0.4 is 0 Å². The summed E-state index contributed by atoms with van der Waals surface area (Å²) in [6.07, 6.45) is 101. The third-order valence-electron chi connectivity index (χ3n) is 12.6. The molecule has 1 unspecified atom stereocenters. The van der Waals surface area contributed by atoms with E-state index in [1.54, 1.807) is 0 Å². The van der Waals surface area contributed by atoms with Crippen molar-refractivity contribution in [3.8, 4) is 0 Å². The van der Waals surface area contributed by atoms with Gasteiger partial charge in [-0.05, 0) is 154 Å². The Kier molecular flexibility index (Phi) is 62.0. The first-order valence-corrected chi connectivity index (χ1v) is 31.9. The number of carbonyl (C=O) groups excluding carboxylic acids is 3. The molecule has 0 bridgehead atoms. The second kappa shape index (κ2) is 66.8. The zero-order valence-corrected chi connectivity index (χ0v) is 51.5. The van der Waals surface area contributed by atoms with E-state index in [0.29, 0.717) is 19.3 Å². The molecule has 0 saturated carbocycles. The number of rotatable bonds is 55. The molecule has 0 rings (SSSR count). The van der Waals surface area contributed by atoms with E-state index in [-0.39, 0.29) is 38.0 Å². The summed E-state index contributed by atoms with van der Waals surface area (Å²) in [6.45, 7) is 6.27. The third kappa shape index (κ3) is 64.9. The number of hydrogen-bond acceptors (Lipinski definition) is 6. The highest BCUT2D eigenvalue weighted by Crippen LogP contribution is 2.12. The molecule has 450 valence electrons. The smallest absolute Gasteiger partial charge is 0.306 e. The summed E-state index contributed by atoms with van der Waals surface area (Å²) in [6, 6.07) is 0. The molecule has 0 aliphatic heterocycles. The van der Waals surface area contributed by atoms with Crippen LogP contribution in [0.1, 0.15) is 239 Å². The quantitative estimate of drug-likeness (QED) is 0.0261. The van der Waals surface area contributed by atoms with Crippen molar-refractivity contribution in [2.75, 3.05) is 13.2 Å². The molecule has 0 aliphatic carbocycles. The van der Waals surface area contributed by atoms with E-state index >= 15 is 0 Å². The number of unbranched alkanes of at least 4 members (excludes halogenated alkanes) is 12. The van der Waals surface area contributed by atoms with Gasteiger partial charge >= 0.3 is 17.9 Å². The van der Waals surface area contributed by atoms with Gasteiger partial charge < -0.3 is 14.2 Å². The van der Waals surface area contributed by atoms with Crippen molar-refractivity contribution in [2.45, 2.75) is 245 Å². The average Bonchev–Trinajstić information content (AvgIpc) is 3.47. The highest BCUT2D eigenvalue weighted by molar-refractivity contribution is 5.71. The van der Waals surface area contributed by atoms with Gasteiger partial charge in [-0.15, -0.1) is 0 Å². The lowest BCUT2D eigenvalue weighted by molar-refractivity contribution is -0.167. The summed E-state index contributed by atoms with van der Waals surface area (Å²) >= 11 is 0. The monoisotopic (exact) mass is 1110 g/mol. The van der Waals surface area contributed by atoms with Crippen LogP contribution >= 0.6 is 0 Å². The van der Waals surface area contributed by atoms with Gasteiger partial charge in [0.1, 0.15) is 13.2 Å². The molecular weight excluding hydrogens is 997 g/mol. The Bertz CT molecular complexity index is 1950. The standard InChI is InChI=1S/C75H114O6/c1-4-7-10-13-16-19-22-25-28-31-33-35-37-39-41-44-47-50-53-56-59-62-65-68-74(77)80-71-72(70-79-73(76)67-64-61-58-55-52-49-46-43-30-27-24-21-18-15-12-9-6-3)81-75(78)69-66-63-60-57-54-51-48-45-42-40-38-36-34-32-29-26-23-20-17-14-11-8-5-2/h7-8,10-11,16-21,25-30,33-36,39-42,47-48,50-51,56-57,59-60,72H,4-6,9,12-15,22-24,31-32,37-38,43-46,49,52-55,58,61-71H2,1-3H3/b10-7-,11-8-,19-16-,20-17-,21-18-,28-25-,29-26-,30-27-,35-33-,36-34-,41-39-,42-40-,50-47-,51-48-,59-56-,60-57-. The fraction of sp³-hybridized carbons (Fsp3) is 0.533. The van der Waals surface area contributed by atoms with Crippen molar-refractivity contribution >= 4 is 17.9 Å². The first-order valence-electron chi connectivity index (χ1n) is 31.9. The molecule has 0 aromatic heterocycles. The first-order chi connectivity index (χ1) is 40.0. The van der Waals surface area contributed by atoms with E-state index in [1.807, 2.05) is 0 Å². The molecule has 81 heavy (non-hydrogen) atoms. The Labute approximate surface area is 497 Å². The zero-order chi connectivity index (χ0) is 58.5. The topological polar surface area (TPSA) is 78.9 Å². The normalized spacial score (nSPS) is 13.5. The number of esters is 3. The molecule has 0 aliphatic rings. The van der Waals surface area contributed by atoms with Crippen molar-refractivity contribution in [2.24, 2.45) is 0 Å². The van der Waals surface area contributed by atoms with Crippen LogP contribution in [0.15, 0.2) is 194 Å². The molecule has 6 heteroatoms. The highest BCUT2D eigenvalue weighted by Gasteiger charge is 2.19. The molecule has 0 N–H and O–H groups in total. The zero-order valence-electron chi connectivity index (χ0n) is 51.5. The van der Waals surface area contributed by atoms with Crippen molar-refractivity contribution in [3.63, 3.8) is 0 Å². The molecule has 0 fully saturated rings. The molecule has 0 spiro atoms. The largest absolute Gasteiger partial charge is 0.462 e. The molecule has 0 radical (unpaired) electrons. The van der Waals surface area contributed by atoms with Gasteiger partial charge in [-0.3, -0.25) is 14.4 Å². The van der Waals surface area contributed by atoms with Crippen LogP contribution in [0.4, 0.5) is 0 Å². The molecule has 0 heterocycles. The minimum atomic E-state index is -0.850. The molecule has 0 aromatic rings. The van der Waals surface area contributed by atoms with E-state index in [4.69, 9.17) is 14.2 Å². The second-order valence-electron chi connectivity index (χ2n) is 20.2. The summed E-state index contributed by atoms with van der Waals surface area (Å²) in [4.78, 5) is 38.3. The van der Waals surface area contributed by atoms with Crippen LogP contribution in [0.2, 0.25) is 0 Å². The van der Waals surface area contributed by atoms with Crippen molar-refractivity contribution < 1.29 is 28.6 Å². The fourth-order valence-electron chi connectivity index (χ4n) is 7.86. The third-order valence-corrected chi connectivity index (χ3v) is 12.6. The Morgan fingerprint density at radius 3 is 0.802 bits per heavy atom. The summed E-state index contributed by atoms with van der Waals surface area (Å²) < 4.78 is 16.8. The van der Waals surface area contributed by atoms with E-state index in [1.165, 1.54) is 51.4 Å². The number of hydrogen-bond donors (Lipinski definition) is 0. The molecule has 6 nitrogen and oxygen atoms in total. The van der Waals surface area contributed by atoms with Crippen molar-refractivity contribution in [1.82, 2.24) is 0 Å². The van der Waals surface area contributed by atoms with Gasteiger partial charge in [0.15, 0.2) is 6.10 Å². The van der Waals surface area contributed by atoms with E-state index in [0.717, 1.165) is 135 Å². The summed E-state index contributed by atoms with van der Waals surface area (Å²) in [5.41, 5.74) is 0. The van der Waals surface area contributed by atoms with Crippen LogP contribution in [0, 0.1) is 0 Å².